The van der Waals surface area contributed by atoms with E-state index in [2.05, 4.69) is 0 Å². The maximum absolute atomic E-state index is 12.8. The molecule has 0 saturated heterocycles. The molecule has 90 valence electrons. The molecule has 0 aliphatic carbocycles. The van der Waals surface area contributed by atoms with Gasteiger partial charge in [0.2, 0.25) is 0 Å². The van der Waals surface area contributed by atoms with Crippen LogP contribution < -0.4 is 0 Å². The minimum Gasteiger partial charge on any atom is -0.481 e. The molecule has 0 atom stereocenters. The number of carboxylic acids is 1. The molecule has 0 radical (unpaired) electrons. The van der Waals surface area contributed by atoms with Crippen LogP contribution in [0.2, 0.25) is 0 Å². The highest BCUT2D eigenvalue weighted by Crippen LogP contribution is 2.38. The van der Waals surface area contributed by atoms with Crippen molar-refractivity contribution >= 4 is 27.4 Å². The molecule has 0 amide bonds. The number of halogens is 3. The van der Waals surface area contributed by atoms with Gasteiger partial charge < -0.3 is 5.11 Å². The predicted molar refractivity (Wildman–Crippen MR) is 58.2 cm³/mol. The van der Waals surface area contributed by atoms with Crippen LogP contribution in [0.1, 0.15) is 11.1 Å². The lowest BCUT2D eigenvalue weighted by molar-refractivity contribution is -0.137. The van der Waals surface area contributed by atoms with Gasteiger partial charge in [-0.1, -0.05) is 6.07 Å². The van der Waals surface area contributed by atoms with E-state index in [4.69, 9.17) is 5.11 Å². The zero-order valence-electron chi connectivity index (χ0n) is 8.41. The van der Waals surface area contributed by atoms with Crippen molar-refractivity contribution in [2.24, 2.45) is 0 Å². The summed E-state index contributed by atoms with van der Waals surface area (Å²) in [7, 11) is 0. The van der Waals surface area contributed by atoms with Crippen LogP contribution in [-0.4, -0.2) is 11.1 Å². The molecule has 1 heterocycles. The van der Waals surface area contributed by atoms with Crippen LogP contribution in [0.15, 0.2) is 23.6 Å². The average molecular weight is 260 g/mol. The van der Waals surface area contributed by atoms with E-state index >= 15 is 0 Å². The Balaban J connectivity index is 2.68. The molecule has 1 N–H and O–H groups in total. The summed E-state index contributed by atoms with van der Waals surface area (Å²) in [5.74, 6) is -1.14. The second-order valence-corrected chi connectivity index (χ2v) is 4.42. The van der Waals surface area contributed by atoms with Gasteiger partial charge in [-0.25, -0.2) is 0 Å². The van der Waals surface area contributed by atoms with Crippen LogP contribution in [0.5, 0.6) is 0 Å². The summed E-state index contributed by atoms with van der Waals surface area (Å²) in [6.07, 6.45) is -4.86. The van der Waals surface area contributed by atoms with Crippen molar-refractivity contribution in [3.05, 3.63) is 34.7 Å². The quantitative estimate of drug-likeness (QED) is 0.896. The zero-order chi connectivity index (χ0) is 12.6. The maximum atomic E-state index is 12.8. The number of alkyl halides is 3. The van der Waals surface area contributed by atoms with Crippen LogP contribution in [0.3, 0.4) is 0 Å². The number of rotatable bonds is 2. The number of aliphatic carboxylic acids is 1. The van der Waals surface area contributed by atoms with E-state index in [0.717, 1.165) is 17.4 Å². The van der Waals surface area contributed by atoms with Crippen LogP contribution in [0.25, 0.3) is 10.1 Å². The largest absolute Gasteiger partial charge is 0.481 e. The molecular weight excluding hydrogens is 253 g/mol. The molecule has 0 spiro atoms. The Labute approximate surface area is 98.3 Å². The van der Waals surface area contributed by atoms with Crippen molar-refractivity contribution in [1.82, 2.24) is 0 Å². The third-order valence-electron chi connectivity index (χ3n) is 2.32. The third-order valence-corrected chi connectivity index (χ3v) is 3.32. The Morgan fingerprint density at radius 2 is 2.06 bits per heavy atom. The van der Waals surface area contributed by atoms with Crippen LogP contribution >= 0.6 is 11.3 Å². The van der Waals surface area contributed by atoms with Crippen LogP contribution in [0, 0.1) is 0 Å². The van der Waals surface area contributed by atoms with E-state index < -0.39 is 24.1 Å². The highest BCUT2D eigenvalue weighted by molar-refractivity contribution is 7.17. The van der Waals surface area contributed by atoms with Crippen molar-refractivity contribution in [2.75, 3.05) is 0 Å². The number of fused-ring (bicyclic) bond motifs is 1. The Kier molecular flexibility index (Phi) is 2.82. The number of thiophene rings is 1. The molecular formula is C11H7F3O2S. The minimum atomic E-state index is -4.46. The molecule has 17 heavy (non-hydrogen) atoms. The first-order chi connectivity index (χ1) is 7.89. The fourth-order valence-corrected chi connectivity index (χ4v) is 2.67. The van der Waals surface area contributed by atoms with Gasteiger partial charge >= 0.3 is 12.1 Å². The molecule has 0 unspecified atom stereocenters. The highest BCUT2D eigenvalue weighted by Gasteiger charge is 2.33. The molecule has 0 fully saturated rings. The molecule has 0 bridgehead atoms. The number of carbonyl (C=O) groups is 1. The van der Waals surface area contributed by atoms with Gasteiger partial charge in [0.1, 0.15) is 0 Å². The van der Waals surface area contributed by atoms with Crippen molar-refractivity contribution < 1.29 is 23.1 Å². The number of hydrogen-bond donors (Lipinski definition) is 1. The molecule has 1 aromatic carbocycles. The molecule has 2 aromatic rings. The van der Waals surface area contributed by atoms with Gasteiger partial charge in [-0.2, -0.15) is 13.2 Å². The highest BCUT2D eigenvalue weighted by atomic mass is 32.1. The Hall–Kier alpha value is -1.56. The molecule has 0 aliphatic heterocycles. The third kappa shape index (κ3) is 2.26. The molecule has 6 heteroatoms. The second kappa shape index (κ2) is 4.03. The van der Waals surface area contributed by atoms with Crippen molar-refractivity contribution in [1.29, 1.82) is 0 Å². The first kappa shape index (κ1) is 11.9. The Morgan fingerprint density at radius 1 is 1.35 bits per heavy atom. The Morgan fingerprint density at radius 3 is 2.65 bits per heavy atom. The number of hydrogen-bond acceptors (Lipinski definition) is 2. The maximum Gasteiger partial charge on any atom is 0.417 e. The SMILES string of the molecule is O=C(O)Cc1csc2cccc(C(F)(F)F)c12. The number of carboxylic acid groups (broad SMARTS) is 1. The Bertz CT molecular complexity index is 572. The summed E-state index contributed by atoms with van der Waals surface area (Å²) in [6, 6.07) is 3.85. The van der Waals surface area contributed by atoms with Gasteiger partial charge in [0.15, 0.2) is 0 Å². The van der Waals surface area contributed by atoms with Crippen molar-refractivity contribution in [2.45, 2.75) is 12.6 Å². The first-order valence-electron chi connectivity index (χ1n) is 4.67. The summed E-state index contributed by atoms with van der Waals surface area (Å²) < 4.78 is 38.8. The second-order valence-electron chi connectivity index (χ2n) is 3.51. The van der Waals surface area contributed by atoms with Gasteiger partial charge in [-0.3, -0.25) is 4.79 Å². The molecule has 0 saturated carbocycles. The van der Waals surface area contributed by atoms with E-state index in [1.54, 1.807) is 6.07 Å². The smallest absolute Gasteiger partial charge is 0.417 e. The summed E-state index contributed by atoms with van der Waals surface area (Å²) in [4.78, 5) is 10.6. The zero-order valence-corrected chi connectivity index (χ0v) is 9.23. The normalized spacial score (nSPS) is 11.9. The fraction of sp³-hybridized carbons (Fsp3) is 0.182. The van der Waals surface area contributed by atoms with Crippen molar-refractivity contribution in [3.63, 3.8) is 0 Å². The molecule has 2 nitrogen and oxygen atoms in total. The first-order valence-corrected chi connectivity index (χ1v) is 5.55. The minimum absolute atomic E-state index is 0.00685. The van der Waals surface area contributed by atoms with Gasteiger partial charge in [0, 0.05) is 10.1 Å². The standard InChI is InChI=1S/C11H7F3O2S/c12-11(13,14)7-2-1-3-8-10(7)6(5-17-8)4-9(15)16/h1-3,5H,4H2,(H,15,16). The molecule has 1 aromatic heterocycles. The van der Waals surface area contributed by atoms with E-state index in [9.17, 15) is 18.0 Å². The lowest BCUT2D eigenvalue weighted by Crippen LogP contribution is -2.07. The van der Waals surface area contributed by atoms with E-state index in [1.165, 1.54) is 11.4 Å². The van der Waals surface area contributed by atoms with Crippen molar-refractivity contribution in [3.8, 4) is 0 Å². The molecule has 2 rings (SSSR count). The van der Waals surface area contributed by atoms with E-state index in [1.807, 2.05) is 0 Å². The summed E-state index contributed by atoms with van der Waals surface area (Å²) in [5, 5.41) is 10.1. The lowest BCUT2D eigenvalue weighted by atomic mass is 10.0. The lowest BCUT2D eigenvalue weighted by Gasteiger charge is -2.09. The molecule has 0 aliphatic rings. The topological polar surface area (TPSA) is 37.3 Å². The summed E-state index contributed by atoms with van der Waals surface area (Å²) in [5.41, 5.74) is -0.557. The monoisotopic (exact) mass is 260 g/mol. The number of benzene rings is 1. The van der Waals surface area contributed by atoms with Gasteiger partial charge in [-0.05, 0) is 23.1 Å². The summed E-state index contributed by atoms with van der Waals surface area (Å²) >= 11 is 1.12. The van der Waals surface area contributed by atoms with E-state index in [-0.39, 0.29) is 10.9 Å². The predicted octanol–water partition coefficient (Wildman–Crippen LogP) is 3.55. The fourth-order valence-electron chi connectivity index (χ4n) is 1.68. The van der Waals surface area contributed by atoms with Gasteiger partial charge in [-0.15, -0.1) is 11.3 Å². The van der Waals surface area contributed by atoms with Crippen LogP contribution in [-0.2, 0) is 17.4 Å². The summed E-state index contributed by atoms with van der Waals surface area (Å²) in [6.45, 7) is 0. The van der Waals surface area contributed by atoms with E-state index in [0.29, 0.717) is 4.70 Å². The van der Waals surface area contributed by atoms with Gasteiger partial charge in [0.25, 0.3) is 0 Å². The van der Waals surface area contributed by atoms with Gasteiger partial charge in [0.05, 0.1) is 12.0 Å². The average Bonchev–Trinajstić information content (AvgIpc) is 2.59. The van der Waals surface area contributed by atoms with Crippen LogP contribution in [0.4, 0.5) is 13.2 Å².